The number of hydrogen-bond acceptors (Lipinski definition) is 4. The highest BCUT2D eigenvalue weighted by atomic mass is 32.1. The third kappa shape index (κ3) is 5.70. The van der Waals surface area contributed by atoms with Gasteiger partial charge in [-0.1, -0.05) is 13.8 Å². The van der Waals surface area contributed by atoms with Gasteiger partial charge in [-0.15, -0.1) is 11.3 Å². The van der Waals surface area contributed by atoms with Gasteiger partial charge in [0.15, 0.2) is 0 Å². The maximum absolute atomic E-state index is 11.7. The van der Waals surface area contributed by atoms with E-state index in [0.29, 0.717) is 13.0 Å². The Kier molecular flexibility index (Phi) is 5.94. The van der Waals surface area contributed by atoms with Crippen LogP contribution in [0.25, 0.3) is 0 Å². The van der Waals surface area contributed by atoms with E-state index in [2.05, 4.69) is 10.3 Å². The zero-order valence-corrected chi connectivity index (χ0v) is 13.0. The van der Waals surface area contributed by atoms with Crippen molar-refractivity contribution in [2.24, 2.45) is 5.92 Å². The molecule has 5 heteroatoms. The monoisotopic (exact) mass is 284 g/mol. The molecule has 0 fully saturated rings. The standard InChI is InChI=1S/C14H24N2O2S/c1-10(2)14(4,18)9-15-13(17)7-5-6-12-8-19-11(3)16-12/h8,10,18H,5-7,9H2,1-4H3,(H,15,17). The number of aryl methyl sites for hydroxylation is 2. The van der Waals surface area contributed by atoms with Gasteiger partial charge in [-0.3, -0.25) is 4.79 Å². The molecule has 1 atom stereocenters. The molecule has 1 rings (SSSR count). The van der Waals surface area contributed by atoms with E-state index in [1.165, 1.54) is 0 Å². The minimum atomic E-state index is -0.846. The topological polar surface area (TPSA) is 62.2 Å². The predicted molar refractivity (Wildman–Crippen MR) is 78.3 cm³/mol. The Morgan fingerprint density at radius 3 is 2.79 bits per heavy atom. The van der Waals surface area contributed by atoms with Crippen molar-refractivity contribution < 1.29 is 9.90 Å². The summed E-state index contributed by atoms with van der Waals surface area (Å²) in [5.41, 5.74) is 0.214. The first kappa shape index (κ1) is 16.1. The molecule has 0 aliphatic carbocycles. The lowest BCUT2D eigenvalue weighted by Crippen LogP contribution is -2.44. The predicted octanol–water partition coefficient (Wildman–Crippen LogP) is 2.30. The fourth-order valence-corrected chi connectivity index (χ4v) is 2.17. The molecule has 4 nitrogen and oxygen atoms in total. The van der Waals surface area contributed by atoms with Crippen LogP contribution in [0.5, 0.6) is 0 Å². The molecule has 1 heterocycles. The number of aliphatic hydroxyl groups is 1. The van der Waals surface area contributed by atoms with Crippen LogP contribution in [0.1, 0.15) is 44.3 Å². The van der Waals surface area contributed by atoms with Gasteiger partial charge in [-0.25, -0.2) is 4.98 Å². The fourth-order valence-electron chi connectivity index (χ4n) is 1.52. The van der Waals surface area contributed by atoms with E-state index >= 15 is 0 Å². The largest absolute Gasteiger partial charge is 0.388 e. The maximum atomic E-state index is 11.7. The van der Waals surface area contributed by atoms with Crippen LogP contribution in [0, 0.1) is 12.8 Å². The van der Waals surface area contributed by atoms with Crippen LogP contribution in [0.3, 0.4) is 0 Å². The molecule has 0 aliphatic heterocycles. The van der Waals surface area contributed by atoms with E-state index in [1.54, 1.807) is 18.3 Å². The van der Waals surface area contributed by atoms with Crippen LogP contribution in [0.4, 0.5) is 0 Å². The van der Waals surface area contributed by atoms with Gasteiger partial charge in [0.2, 0.25) is 5.91 Å². The zero-order valence-electron chi connectivity index (χ0n) is 12.2. The number of nitrogens with zero attached hydrogens (tertiary/aromatic N) is 1. The van der Waals surface area contributed by atoms with Gasteiger partial charge in [0.05, 0.1) is 16.3 Å². The summed E-state index contributed by atoms with van der Waals surface area (Å²) in [5.74, 6) is 0.110. The van der Waals surface area contributed by atoms with Crippen LogP contribution in [-0.4, -0.2) is 28.1 Å². The Bertz CT molecular complexity index is 413. The molecular formula is C14H24N2O2S. The van der Waals surface area contributed by atoms with E-state index in [4.69, 9.17) is 0 Å². The minimum Gasteiger partial charge on any atom is -0.388 e. The Balaban J connectivity index is 2.21. The number of aromatic nitrogens is 1. The lowest BCUT2D eigenvalue weighted by atomic mass is 9.92. The molecule has 1 aromatic rings. The molecule has 0 saturated heterocycles. The van der Waals surface area contributed by atoms with Crippen molar-refractivity contribution in [3.8, 4) is 0 Å². The molecule has 0 aliphatic rings. The van der Waals surface area contributed by atoms with E-state index in [0.717, 1.165) is 23.5 Å². The third-order valence-electron chi connectivity index (χ3n) is 3.39. The lowest BCUT2D eigenvalue weighted by molar-refractivity contribution is -0.122. The first-order valence-electron chi connectivity index (χ1n) is 6.71. The number of nitrogens with one attached hydrogen (secondary N) is 1. The third-order valence-corrected chi connectivity index (χ3v) is 4.21. The van der Waals surface area contributed by atoms with Gasteiger partial charge >= 0.3 is 0 Å². The van der Waals surface area contributed by atoms with Crippen LogP contribution >= 0.6 is 11.3 Å². The number of hydrogen-bond donors (Lipinski definition) is 2. The van der Waals surface area contributed by atoms with Gasteiger partial charge in [-0.05, 0) is 32.6 Å². The van der Waals surface area contributed by atoms with Gasteiger partial charge < -0.3 is 10.4 Å². The smallest absolute Gasteiger partial charge is 0.220 e. The summed E-state index contributed by atoms with van der Waals surface area (Å²) < 4.78 is 0. The molecular weight excluding hydrogens is 260 g/mol. The molecule has 0 spiro atoms. The van der Waals surface area contributed by atoms with Gasteiger partial charge in [-0.2, -0.15) is 0 Å². The number of thiazole rings is 1. The number of carbonyl (C=O) groups excluding carboxylic acids is 1. The van der Waals surface area contributed by atoms with Crippen molar-refractivity contribution in [2.45, 2.75) is 52.6 Å². The molecule has 108 valence electrons. The summed E-state index contributed by atoms with van der Waals surface area (Å²) in [6.07, 6.45) is 2.10. The number of amides is 1. The van der Waals surface area contributed by atoms with Gasteiger partial charge in [0.1, 0.15) is 0 Å². The lowest BCUT2D eigenvalue weighted by Gasteiger charge is -2.27. The molecule has 0 bridgehead atoms. The Hall–Kier alpha value is -0.940. The molecule has 0 aromatic carbocycles. The first-order valence-corrected chi connectivity index (χ1v) is 7.59. The highest BCUT2D eigenvalue weighted by Crippen LogP contribution is 2.14. The molecule has 1 aromatic heterocycles. The summed E-state index contributed by atoms with van der Waals surface area (Å²) in [6.45, 7) is 7.91. The van der Waals surface area contributed by atoms with E-state index in [9.17, 15) is 9.90 Å². The molecule has 19 heavy (non-hydrogen) atoms. The van der Waals surface area contributed by atoms with Crippen LogP contribution in [0.2, 0.25) is 0 Å². The van der Waals surface area contributed by atoms with Crippen molar-refractivity contribution in [3.63, 3.8) is 0 Å². The number of rotatable bonds is 7. The Labute approximate surface area is 119 Å². The molecule has 0 radical (unpaired) electrons. The Morgan fingerprint density at radius 2 is 2.26 bits per heavy atom. The second-order valence-electron chi connectivity index (χ2n) is 5.50. The van der Waals surface area contributed by atoms with Gasteiger partial charge in [0.25, 0.3) is 0 Å². The highest BCUT2D eigenvalue weighted by Gasteiger charge is 2.25. The van der Waals surface area contributed by atoms with Crippen molar-refractivity contribution in [2.75, 3.05) is 6.54 Å². The average Bonchev–Trinajstić information content (AvgIpc) is 2.72. The molecule has 1 amide bonds. The van der Waals surface area contributed by atoms with Gasteiger partial charge in [0, 0.05) is 18.3 Å². The SMILES string of the molecule is Cc1nc(CCCC(=O)NCC(C)(O)C(C)C)cs1. The fraction of sp³-hybridized carbons (Fsp3) is 0.714. The van der Waals surface area contributed by atoms with E-state index in [-0.39, 0.29) is 11.8 Å². The minimum absolute atomic E-state index is 0.00660. The van der Waals surface area contributed by atoms with E-state index < -0.39 is 5.60 Å². The van der Waals surface area contributed by atoms with Crippen molar-refractivity contribution >= 4 is 17.2 Å². The molecule has 2 N–H and O–H groups in total. The van der Waals surface area contributed by atoms with Crippen LogP contribution in [0.15, 0.2) is 5.38 Å². The number of carbonyl (C=O) groups is 1. The second-order valence-corrected chi connectivity index (χ2v) is 6.56. The summed E-state index contributed by atoms with van der Waals surface area (Å²) in [5, 5.41) is 15.9. The van der Waals surface area contributed by atoms with Crippen LogP contribution in [-0.2, 0) is 11.2 Å². The maximum Gasteiger partial charge on any atom is 0.220 e. The second kappa shape index (κ2) is 7.01. The quantitative estimate of drug-likeness (QED) is 0.807. The van der Waals surface area contributed by atoms with Crippen molar-refractivity contribution in [1.82, 2.24) is 10.3 Å². The van der Waals surface area contributed by atoms with Crippen molar-refractivity contribution in [1.29, 1.82) is 0 Å². The average molecular weight is 284 g/mol. The summed E-state index contributed by atoms with van der Waals surface area (Å²) in [4.78, 5) is 16.0. The highest BCUT2D eigenvalue weighted by molar-refractivity contribution is 7.09. The molecule has 0 saturated carbocycles. The summed E-state index contributed by atoms with van der Waals surface area (Å²) >= 11 is 1.64. The summed E-state index contributed by atoms with van der Waals surface area (Å²) in [7, 11) is 0. The van der Waals surface area contributed by atoms with Crippen molar-refractivity contribution in [3.05, 3.63) is 16.1 Å². The first-order chi connectivity index (χ1) is 8.81. The zero-order chi connectivity index (χ0) is 14.5. The normalized spacial score (nSPS) is 14.4. The van der Waals surface area contributed by atoms with Crippen LogP contribution < -0.4 is 5.32 Å². The summed E-state index contributed by atoms with van der Waals surface area (Å²) in [6, 6.07) is 0. The Morgan fingerprint density at radius 1 is 1.58 bits per heavy atom. The molecule has 1 unspecified atom stereocenters. The van der Waals surface area contributed by atoms with E-state index in [1.807, 2.05) is 26.2 Å².